The van der Waals surface area contributed by atoms with Gasteiger partial charge < -0.3 is 13.9 Å². The van der Waals surface area contributed by atoms with Crippen LogP contribution in [0.25, 0.3) is 33.8 Å². The molecule has 0 amide bonds. The van der Waals surface area contributed by atoms with Gasteiger partial charge in [0.15, 0.2) is 5.82 Å². The van der Waals surface area contributed by atoms with Crippen molar-refractivity contribution in [3.05, 3.63) is 60.9 Å². The predicted octanol–water partition coefficient (Wildman–Crippen LogP) is 4.28. The molecule has 2 aromatic heterocycles. The molecule has 0 spiro atoms. The Labute approximate surface area is 158 Å². The molecule has 1 aliphatic rings. The molecule has 1 atom stereocenters. The zero-order valence-electron chi connectivity index (χ0n) is 15.4. The van der Waals surface area contributed by atoms with Crippen LogP contribution in [0.1, 0.15) is 12.8 Å². The summed E-state index contributed by atoms with van der Waals surface area (Å²) in [6.07, 6.45) is 4.41. The molecule has 136 valence electrons. The quantitative estimate of drug-likeness (QED) is 0.547. The van der Waals surface area contributed by atoms with Gasteiger partial charge in [-0.25, -0.2) is 9.97 Å². The fourth-order valence-corrected chi connectivity index (χ4v) is 3.93. The lowest BCUT2D eigenvalue weighted by atomic mass is 10.1. The highest BCUT2D eigenvalue weighted by Crippen LogP contribution is 2.33. The Morgan fingerprint density at radius 2 is 1.89 bits per heavy atom. The maximum atomic E-state index is 5.88. The van der Waals surface area contributed by atoms with E-state index in [1.807, 2.05) is 30.6 Å². The molecule has 1 saturated heterocycles. The van der Waals surface area contributed by atoms with Crippen molar-refractivity contribution in [2.24, 2.45) is 7.05 Å². The first-order valence-electron chi connectivity index (χ1n) is 9.45. The Kier molecular flexibility index (Phi) is 4.02. The van der Waals surface area contributed by atoms with Crippen molar-refractivity contribution in [3.63, 3.8) is 0 Å². The number of ether oxygens (including phenoxy) is 1. The molecule has 0 N–H and O–H groups in total. The van der Waals surface area contributed by atoms with Crippen LogP contribution in [-0.4, -0.2) is 31.8 Å². The summed E-state index contributed by atoms with van der Waals surface area (Å²) in [7, 11) is 2.07. The summed E-state index contributed by atoms with van der Waals surface area (Å²) in [5.41, 5.74) is 5.24. The Morgan fingerprint density at radius 3 is 2.67 bits per heavy atom. The number of rotatable bonds is 4. The lowest BCUT2D eigenvalue weighted by Crippen LogP contribution is -2.15. The fourth-order valence-electron chi connectivity index (χ4n) is 3.93. The lowest BCUT2D eigenvalue weighted by molar-refractivity contribution is 0.0973. The zero-order valence-corrected chi connectivity index (χ0v) is 15.4. The van der Waals surface area contributed by atoms with E-state index < -0.39 is 0 Å². The van der Waals surface area contributed by atoms with E-state index in [9.17, 15) is 0 Å². The highest BCUT2D eigenvalue weighted by Gasteiger charge is 2.23. The summed E-state index contributed by atoms with van der Waals surface area (Å²) in [5, 5.41) is 0. The SMILES string of the molecule is Cn1c(-c2c(-c3ccccc3)ncn2C[C@@H]2CCCO2)nc2ccccc21. The molecule has 1 fully saturated rings. The average molecular weight is 358 g/mol. The number of hydrogen-bond donors (Lipinski definition) is 0. The molecule has 2 aromatic carbocycles. The van der Waals surface area contributed by atoms with Crippen LogP contribution in [0.4, 0.5) is 0 Å². The van der Waals surface area contributed by atoms with E-state index in [0.29, 0.717) is 0 Å². The van der Waals surface area contributed by atoms with Gasteiger partial charge in [0.2, 0.25) is 0 Å². The van der Waals surface area contributed by atoms with E-state index in [4.69, 9.17) is 14.7 Å². The van der Waals surface area contributed by atoms with Crippen LogP contribution in [0.3, 0.4) is 0 Å². The zero-order chi connectivity index (χ0) is 18.2. The Hall–Kier alpha value is -2.92. The van der Waals surface area contributed by atoms with Gasteiger partial charge in [-0.2, -0.15) is 0 Å². The molecule has 3 heterocycles. The number of aromatic nitrogens is 4. The van der Waals surface area contributed by atoms with Crippen molar-refractivity contribution in [1.82, 2.24) is 19.1 Å². The molecule has 5 rings (SSSR count). The van der Waals surface area contributed by atoms with Gasteiger partial charge in [0, 0.05) is 19.2 Å². The second kappa shape index (κ2) is 6.67. The van der Waals surface area contributed by atoms with Crippen molar-refractivity contribution in [1.29, 1.82) is 0 Å². The van der Waals surface area contributed by atoms with Crippen LogP contribution in [0.2, 0.25) is 0 Å². The van der Waals surface area contributed by atoms with Crippen LogP contribution in [0.15, 0.2) is 60.9 Å². The molecule has 0 radical (unpaired) electrons. The van der Waals surface area contributed by atoms with Gasteiger partial charge in [-0.3, -0.25) is 0 Å². The Bertz CT molecular complexity index is 1070. The standard InChI is InChI=1S/C22H22N4O/c1-25-19-12-6-5-11-18(19)24-22(25)21-20(16-8-3-2-4-9-16)23-15-26(21)14-17-10-7-13-27-17/h2-6,8-9,11-12,15,17H,7,10,13-14H2,1H3/t17-/m0/s1. The van der Waals surface area contributed by atoms with E-state index >= 15 is 0 Å². The molecular formula is C22H22N4O. The highest BCUT2D eigenvalue weighted by molar-refractivity contribution is 5.84. The number of fused-ring (bicyclic) bond motifs is 1. The largest absolute Gasteiger partial charge is 0.376 e. The van der Waals surface area contributed by atoms with Gasteiger partial charge in [0.25, 0.3) is 0 Å². The Morgan fingerprint density at radius 1 is 1.07 bits per heavy atom. The second-order valence-electron chi connectivity index (χ2n) is 7.08. The number of benzene rings is 2. The van der Waals surface area contributed by atoms with Crippen molar-refractivity contribution in [2.75, 3.05) is 6.61 Å². The van der Waals surface area contributed by atoms with Crippen LogP contribution < -0.4 is 0 Å². The smallest absolute Gasteiger partial charge is 0.159 e. The monoisotopic (exact) mass is 358 g/mol. The van der Waals surface area contributed by atoms with Gasteiger partial charge >= 0.3 is 0 Å². The average Bonchev–Trinajstić information content (AvgIpc) is 3.43. The van der Waals surface area contributed by atoms with Gasteiger partial charge in [0.1, 0.15) is 5.69 Å². The van der Waals surface area contributed by atoms with E-state index in [-0.39, 0.29) is 6.10 Å². The van der Waals surface area contributed by atoms with Crippen molar-refractivity contribution >= 4 is 11.0 Å². The molecule has 1 aliphatic heterocycles. The molecular weight excluding hydrogens is 336 g/mol. The Balaban J connectivity index is 1.69. The summed E-state index contributed by atoms with van der Waals surface area (Å²) in [6.45, 7) is 1.66. The number of para-hydroxylation sites is 2. The molecule has 0 saturated carbocycles. The molecule has 0 unspecified atom stereocenters. The number of hydrogen-bond acceptors (Lipinski definition) is 3. The molecule has 27 heavy (non-hydrogen) atoms. The van der Waals surface area contributed by atoms with Gasteiger partial charge in [-0.15, -0.1) is 0 Å². The first-order chi connectivity index (χ1) is 13.3. The third-order valence-electron chi connectivity index (χ3n) is 5.31. The molecule has 0 bridgehead atoms. The number of imidazole rings is 2. The van der Waals surface area contributed by atoms with E-state index in [1.54, 1.807) is 0 Å². The van der Waals surface area contributed by atoms with Crippen LogP contribution in [0.5, 0.6) is 0 Å². The van der Waals surface area contributed by atoms with Gasteiger partial charge in [-0.1, -0.05) is 42.5 Å². The van der Waals surface area contributed by atoms with Crippen molar-refractivity contribution in [2.45, 2.75) is 25.5 Å². The molecule has 5 nitrogen and oxygen atoms in total. The van der Waals surface area contributed by atoms with Crippen molar-refractivity contribution < 1.29 is 4.74 Å². The summed E-state index contributed by atoms with van der Waals surface area (Å²) in [6, 6.07) is 18.6. The van der Waals surface area contributed by atoms with E-state index in [0.717, 1.165) is 59.8 Å². The molecule has 0 aliphatic carbocycles. The molecule has 5 heteroatoms. The lowest BCUT2D eigenvalue weighted by Gasteiger charge is -2.14. The number of aryl methyl sites for hydroxylation is 1. The minimum absolute atomic E-state index is 0.247. The summed E-state index contributed by atoms with van der Waals surface area (Å²) >= 11 is 0. The highest BCUT2D eigenvalue weighted by atomic mass is 16.5. The molecule has 4 aromatic rings. The minimum Gasteiger partial charge on any atom is -0.376 e. The van der Waals surface area contributed by atoms with Crippen molar-refractivity contribution in [3.8, 4) is 22.8 Å². The van der Waals surface area contributed by atoms with Gasteiger partial charge in [-0.05, 0) is 25.0 Å². The minimum atomic E-state index is 0.247. The summed E-state index contributed by atoms with van der Waals surface area (Å²) in [5.74, 6) is 0.936. The van der Waals surface area contributed by atoms with E-state index in [2.05, 4.69) is 46.5 Å². The third-order valence-corrected chi connectivity index (χ3v) is 5.31. The second-order valence-corrected chi connectivity index (χ2v) is 7.08. The normalized spacial score (nSPS) is 17.0. The van der Waals surface area contributed by atoms with E-state index in [1.165, 1.54) is 0 Å². The van der Waals surface area contributed by atoms with Crippen LogP contribution in [-0.2, 0) is 18.3 Å². The first-order valence-corrected chi connectivity index (χ1v) is 9.45. The van der Waals surface area contributed by atoms with Crippen LogP contribution in [0, 0.1) is 0 Å². The summed E-state index contributed by atoms with van der Waals surface area (Å²) in [4.78, 5) is 9.71. The maximum absolute atomic E-state index is 5.88. The topological polar surface area (TPSA) is 44.9 Å². The predicted molar refractivity (Wildman–Crippen MR) is 106 cm³/mol. The van der Waals surface area contributed by atoms with Crippen LogP contribution >= 0.6 is 0 Å². The fraction of sp³-hybridized carbons (Fsp3) is 0.273. The van der Waals surface area contributed by atoms with Gasteiger partial charge in [0.05, 0.1) is 35.7 Å². The summed E-state index contributed by atoms with van der Waals surface area (Å²) < 4.78 is 10.2. The maximum Gasteiger partial charge on any atom is 0.159 e. The number of nitrogens with zero attached hydrogens (tertiary/aromatic N) is 4. The first kappa shape index (κ1) is 16.3. The third kappa shape index (κ3) is 2.84.